The van der Waals surface area contributed by atoms with Crippen LogP contribution in [0, 0.1) is 5.82 Å². The van der Waals surface area contributed by atoms with Gasteiger partial charge in [0.15, 0.2) is 0 Å². The number of carboxylic acid groups (broad SMARTS) is 1. The number of carboxylic acids is 1. The van der Waals surface area contributed by atoms with Crippen LogP contribution in [0.15, 0.2) is 24.3 Å². The standard InChI is InChI=1S/C12H12FNO3/c13-8-4-6-9(7-5-8)14-10(12(16)17)2-1-3-11(14)15/h4-7,10H,1-3H2,(H,16,17). The Morgan fingerprint density at radius 3 is 2.59 bits per heavy atom. The van der Waals surface area contributed by atoms with Gasteiger partial charge in [-0.2, -0.15) is 0 Å². The molecule has 1 aromatic rings. The number of aliphatic carboxylic acids is 1. The molecule has 0 spiro atoms. The summed E-state index contributed by atoms with van der Waals surface area (Å²) in [4.78, 5) is 24.1. The molecule has 1 unspecified atom stereocenters. The van der Waals surface area contributed by atoms with Crippen LogP contribution in [0.25, 0.3) is 0 Å². The Kier molecular flexibility index (Phi) is 3.08. The van der Waals surface area contributed by atoms with Gasteiger partial charge in [-0.15, -0.1) is 0 Å². The normalized spacial score (nSPS) is 20.4. The van der Waals surface area contributed by atoms with Crippen LogP contribution in [0.1, 0.15) is 19.3 Å². The Bertz CT molecular complexity index is 444. The Morgan fingerprint density at radius 2 is 2.00 bits per heavy atom. The molecule has 1 aliphatic rings. The van der Waals surface area contributed by atoms with Crippen molar-refractivity contribution < 1.29 is 19.1 Å². The summed E-state index contributed by atoms with van der Waals surface area (Å²) in [5.74, 6) is -1.66. The third-order valence-corrected chi connectivity index (χ3v) is 2.84. The third kappa shape index (κ3) is 2.27. The first-order valence-corrected chi connectivity index (χ1v) is 5.40. The van der Waals surface area contributed by atoms with Gasteiger partial charge in [0.25, 0.3) is 0 Å². The fraction of sp³-hybridized carbons (Fsp3) is 0.333. The van der Waals surface area contributed by atoms with E-state index in [0.29, 0.717) is 24.9 Å². The maximum Gasteiger partial charge on any atom is 0.326 e. The van der Waals surface area contributed by atoms with Crippen molar-refractivity contribution in [3.05, 3.63) is 30.1 Å². The first kappa shape index (κ1) is 11.6. The molecular weight excluding hydrogens is 225 g/mol. The second kappa shape index (κ2) is 4.53. The second-order valence-electron chi connectivity index (χ2n) is 3.99. The highest BCUT2D eigenvalue weighted by atomic mass is 19.1. The van der Waals surface area contributed by atoms with E-state index in [4.69, 9.17) is 5.11 Å². The molecule has 1 aliphatic heterocycles. The summed E-state index contributed by atoms with van der Waals surface area (Å²) in [6.45, 7) is 0. The molecule has 1 saturated heterocycles. The lowest BCUT2D eigenvalue weighted by Gasteiger charge is -2.32. The van der Waals surface area contributed by atoms with Crippen molar-refractivity contribution in [3.63, 3.8) is 0 Å². The van der Waals surface area contributed by atoms with Gasteiger partial charge in [0.1, 0.15) is 11.9 Å². The van der Waals surface area contributed by atoms with Gasteiger partial charge in [-0.25, -0.2) is 9.18 Å². The molecule has 0 bridgehead atoms. The molecule has 1 aromatic carbocycles. The lowest BCUT2D eigenvalue weighted by atomic mass is 10.0. The Morgan fingerprint density at radius 1 is 1.35 bits per heavy atom. The minimum absolute atomic E-state index is 0.227. The van der Waals surface area contributed by atoms with Crippen molar-refractivity contribution in [3.8, 4) is 0 Å². The van der Waals surface area contributed by atoms with Crippen molar-refractivity contribution in [2.75, 3.05) is 4.90 Å². The molecule has 0 aliphatic carbocycles. The summed E-state index contributed by atoms with van der Waals surface area (Å²) in [6.07, 6.45) is 1.34. The van der Waals surface area contributed by atoms with Crippen LogP contribution in [0.5, 0.6) is 0 Å². The lowest BCUT2D eigenvalue weighted by molar-refractivity contribution is -0.141. The number of carbonyl (C=O) groups is 2. The molecule has 0 aromatic heterocycles. The minimum Gasteiger partial charge on any atom is -0.480 e. The monoisotopic (exact) mass is 237 g/mol. The zero-order valence-corrected chi connectivity index (χ0v) is 9.10. The van der Waals surface area contributed by atoms with Gasteiger partial charge in [-0.1, -0.05) is 0 Å². The predicted molar refractivity (Wildman–Crippen MR) is 59.2 cm³/mol. The van der Waals surface area contributed by atoms with E-state index in [1.165, 1.54) is 29.2 Å². The van der Waals surface area contributed by atoms with Crippen LogP contribution < -0.4 is 4.90 Å². The van der Waals surface area contributed by atoms with Crippen LogP contribution in [0.4, 0.5) is 10.1 Å². The van der Waals surface area contributed by atoms with E-state index in [0.717, 1.165) is 0 Å². The zero-order chi connectivity index (χ0) is 12.4. The van der Waals surface area contributed by atoms with Gasteiger partial charge in [0.05, 0.1) is 0 Å². The van der Waals surface area contributed by atoms with Gasteiger partial charge < -0.3 is 5.11 Å². The van der Waals surface area contributed by atoms with E-state index >= 15 is 0 Å². The second-order valence-corrected chi connectivity index (χ2v) is 3.99. The van der Waals surface area contributed by atoms with E-state index in [2.05, 4.69) is 0 Å². The largest absolute Gasteiger partial charge is 0.480 e. The van der Waals surface area contributed by atoms with Crippen molar-refractivity contribution in [2.24, 2.45) is 0 Å². The smallest absolute Gasteiger partial charge is 0.326 e. The molecule has 0 radical (unpaired) electrons. The number of amides is 1. The summed E-state index contributed by atoms with van der Waals surface area (Å²) in [6, 6.07) is 4.44. The van der Waals surface area contributed by atoms with Gasteiger partial charge in [-0.05, 0) is 37.1 Å². The van der Waals surface area contributed by atoms with Crippen molar-refractivity contribution >= 4 is 17.6 Å². The zero-order valence-electron chi connectivity index (χ0n) is 9.10. The molecule has 1 fully saturated rings. The Balaban J connectivity index is 2.34. The first-order chi connectivity index (χ1) is 8.09. The maximum absolute atomic E-state index is 12.8. The summed E-state index contributed by atoms with van der Waals surface area (Å²) in [7, 11) is 0. The summed E-state index contributed by atoms with van der Waals surface area (Å²) in [5, 5.41) is 9.07. The van der Waals surface area contributed by atoms with Crippen LogP contribution >= 0.6 is 0 Å². The molecule has 90 valence electrons. The summed E-state index contributed by atoms with van der Waals surface area (Å²) >= 11 is 0. The number of nitrogens with zero attached hydrogens (tertiary/aromatic N) is 1. The van der Waals surface area contributed by atoms with Gasteiger partial charge >= 0.3 is 5.97 Å². The molecule has 17 heavy (non-hydrogen) atoms. The number of benzene rings is 1. The molecule has 0 saturated carbocycles. The van der Waals surface area contributed by atoms with E-state index < -0.39 is 17.8 Å². The highest BCUT2D eigenvalue weighted by molar-refractivity contribution is 6.00. The van der Waals surface area contributed by atoms with Crippen LogP contribution in [0.3, 0.4) is 0 Å². The SMILES string of the molecule is O=C(O)C1CCCC(=O)N1c1ccc(F)cc1. The Labute approximate surface area is 97.7 Å². The van der Waals surface area contributed by atoms with Crippen LogP contribution in [-0.2, 0) is 9.59 Å². The average Bonchev–Trinajstić information content (AvgIpc) is 2.30. The quantitative estimate of drug-likeness (QED) is 0.853. The highest BCUT2D eigenvalue weighted by Crippen LogP contribution is 2.26. The van der Waals surface area contributed by atoms with E-state index in [-0.39, 0.29) is 5.91 Å². The number of rotatable bonds is 2. The first-order valence-electron chi connectivity index (χ1n) is 5.40. The van der Waals surface area contributed by atoms with Crippen molar-refractivity contribution in [2.45, 2.75) is 25.3 Å². The topological polar surface area (TPSA) is 57.6 Å². The van der Waals surface area contributed by atoms with Crippen LogP contribution in [0.2, 0.25) is 0 Å². The molecule has 4 nitrogen and oxygen atoms in total. The van der Waals surface area contributed by atoms with E-state index in [1.807, 2.05) is 0 Å². The molecule has 2 rings (SSSR count). The average molecular weight is 237 g/mol. The number of anilines is 1. The van der Waals surface area contributed by atoms with Crippen molar-refractivity contribution in [1.82, 2.24) is 0 Å². The predicted octanol–water partition coefficient (Wildman–Crippen LogP) is 1.80. The van der Waals surface area contributed by atoms with Gasteiger partial charge in [0.2, 0.25) is 5.91 Å². The van der Waals surface area contributed by atoms with E-state index in [9.17, 15) is 14.0 Å². The molecular formula is C12H12FNO3. The molecule has 1 N–H and O–H groups in total. The number of halogens is 1. The van der Waals surface area contributed by atoms with Gasteiger partial charge in [0, 0.05) is 12.1 Å². The van der Waals surface area contributed by atoms with E-state index in [1.54, 1.807) is 0 Å². The van der Waals surface area contributed by atoms with Crippen molar-refractivity contribution in [1.29, 1.82) is 0 Å². The number of hydrogen-bond acceptors (Lipinski definition) is 2. The fourth-order valence-electron chi connectivity index (χ4n) is 2.03. The van der Waals surface area contributed by atoms with Crippen LogP contribution in [-0.4, -0.2) is 23.0 Å². The fourth-order valence-corrected chi connectivity index (χ4v) is 2.03. The van der Waals surface area contributed by atoms with Gasteiger partial charge in [-0.3, -0.25) is 9.69 Å². The Hall–Kier alpha value is -1.91. The molecule has 1 atom stereocenters. The molecule has 1 heterocycles. The lowest BCUT2D eigenvalue weighted by Crippen LogP contribution is -2.48. The minimum atomic E-state index is -1.03. The highest BCUT2D eigenvalue weighted by Gasteiger charge is 2.34. The third-order valence-electron chi connectivity index (χ3n) is 2.84. The number of piperidine rings is 1. The molecule has 1 amide bonds. The number of carbonyl (C=O) groups excluding carboxylic acids is 1. The molecule has 5 heteroatoms. The summed E-state index contributed by atoms with van der Waals surface area (Å²) < 4.78 is 12.8. The number of hydrogen-bond donors (Lipinski definition) is 1. The maximum atomic E-state index is 12.8. The summed E-state index contributed by atoms with van der Waals surface area (Å²) in [5.41, 5.74) is 0.434.